The highest BCUT2D eigenvalue weighted by Gasteiger charge is 2.10. The third-order valence-electron chi connectivity index (χ3n) is 2.14. The Morgan fingerprint density at radius 2 is 2.16 bits per heavy atom. The van der Waals surface area contributed by atoms with Gasteiger partial charge in [-0.2, -0.15) is 0 Å². The highest BCUT2D eigenvalue weighted by atomic mass is 32.2. The molecule has 1 aromatic heterocycles. The number of amides is 1. The van der Waals surface area contributed by atoms with Crippen molar-refractivity contribution in [1.29, 1.82) is 0 Å². The van der Waals surface area contributed by atoms with Gasteiger partial charge < -0.3 is 15.9 Å². The quantitative estimate of drug-likeness (QED) is 0.624. The molecular weight excluding hydrogens is 284 g/mol. The summed E-state index contributed by atoms with van der Waals surface area (Å²) < 4.78 is 5.40. The molecule has 0 saturated carbocycles. The molecule has 0 atom stereocenters. The van der Waals surface area contributed by atoms with E-state index in [0.29, 0.717) is 16.4 Å². The van der Waals surface area contributed by atoms with Crippen LogP contribution >= 0.6 is 24.0 Å². The molecule has 6 nitrogen and oxygen atoms in total. The topological polar surface area (TPSA) is 108 Å². The predicted molar refractivity (Wildman–Crippen MR) is 75.5 cm³/mol. The van der Waals surface area contributed by atoms with Crippen LogP contribution in [0.4, 0.5) is 0 Å². The van der Waals surface area contributed by atoms with E-state index in [2.05, 4.69) is 10.2 Å². The van der Waals surface area contributed by atoms with Crippen molar-refractivity contribution in [2.24, 2.45) is 11.5 Å². The lowest BCUT2D eigenvalue weighted by atomic mass is 10.1. The van der Waals surface area contributed by atoms with Crippen molar-refractivity contribution in [2.75, 3.05) is 5.75 Å². The molecule has 0 radical (unpaired) electrons. The van der Waals surface area contributed by atoms with Gasteiger partial charge in [0.05, 0.1) is 5.75 Å². The van der Waals surface area contributed by atoms with Gasteiger partial charge in [0.25, 0.3) is 5.22 Å². The van der Waals surface area contributed by atoms with Crippen LogP contribution in [-0.2, 0) is 4.79 Å². The number of hydrogen-bond acceptors (Lipinski definition) is 6. The average molecular weight is 294 g/mol. The van der Waals surface area contributed by atoms with Crippen molar-refractivity contribution < 1.29 is 9.21 Å². The molecule has 2 aromatic rings. The Bertz CT molecular complexity index is 627. The number of thioether (sulfide) groups is 1. The summed E-state index contributed by atoms with van der Waals surface area (Å²) in [7, 11) is 0. The summed E-state index contributed by atoms with van der Waals surface area (Å²) in [6.07, 6.45) is 0. The fraction of sp³-hybridized carbons (Fsp3) is 0.0909. The third kappa shape index (κ3) is 3.52. The normalized spacial score (nSPS) is 10.3. The minimum absolute atomic E-state index is 0.0918. The van der Waals surface area contributed by atoms with E-state index in [9.17, 15) is 4.79 Å². The van der Waals surface area contributed by atoms with Crippen LogP contribution in [0.5, 0.6) is 0 Å². The standard InChI is InChI=1S/C11H10N4O2S2/c12-8(16)5-19-11-15-14-10(17-11)7-3-1-2-6(4-7)9(13)18/h1-4H,5H2,(H2,12,16)(H2,13,18). The summed E-state index contributed by atoms with van der Waals surface area (Å²) in [6.45, 7) is 0. The van der Waals surface area contributed by atoms with Gasteiger partial charge in [-0.25, -0.2) is 0 Å². The minimum Gasteiger partial charge on any atom is -0.411 e. The summed E-state index contributed by atoms with van der Waals surface area (Å²) in [4.78, 5) is 10.9. The molecule has 8 heteroatoms. The molecule has 0 spiro atoms. The maximum Gasteiger partial charge on any atom is 0.277 e. The average Bonchev–Trinajstić information content (AvgIpc) is 2.85. The SMILES string of the molecule is NC(=O)CSc1nnc(-c2cccc(C(N)=S)c2)o1. The van der Waals surface area contributed by atoms with Crippen LogP contribution in [0, 0.1) is 0 Å². The van der Waals surface area contributed by atoms with E-state index in [0.717, 1.165) is 17.3 Å². The van der Waals surface area contributed by atoms with E-state index in [-0.39, 0.29) is 11.0 Å². The van der Waals surface area contributed by atoms with Gasteiger partial charge in [0.2, 0.25) is 11.8 Å². The number of aromatic nitrogens is 2. The molecule has 0 aliphatic heterocycles. The number of carbonyl (C=O) groups is 1. The monoisotopic (exact) mass is 294 g/mol. The lowest BCUT2D eigenvalue weighted by molar-refractivity contribution is -0.115. The first kappa shape index (κ1) is 13.5. The third-order valence-corrected chi connectivity index (χ3v) is 3.21. The van der Waals surface area contributed by atoms with Gasteiger partial charge in [-0.05, 0) is 12.1 Å². The van der Waals surface area contributed by atoms with Crippen molar-refractivity contribution in [3.05, 3.63) is 29.8 Å². The second kappa shape index (κ2) is 5.81. The van der Waals surface area contributed by atoms with Crippen LogP contribution in [-0.4, -0.2) is 26.8 Å². The van der Waals surface area contributed by atoms with Crippen molar-refractivity contribution in [3.63, 3.8) is 0 Å². The molecule has 98 valence electrons. The largest absolute Gasteiger partial charge is 0.411 e. The summed E-state index contributed by atoms with van der Waals surface area (Å²) in [5.41, 5.74) is 12.0. The molecule has 1 aromatic carbocycles. The fourth-order valence-electron chi connectivity index (χ4n) is 1.32. The zero-order valence-electron chi connectivity index (χ0n) is 9.70. The zero-order valence-corrected chi connectivity index (χ0v) is 11.3. The summed E-state index contributed by atoms with van der Waals surface area (Å²) >= 11 is 5.99. The van der Waals surface area contributed by atoms with Crippen molar-refractivity contribution >= 4 is 34.9 Å². The summed E-state index contributed by atoms with van der Waals surface area (Å²) in [5.74, 6) is -0.0144. The predicted octanol–water partition coefficient (Wildman–Crippen LogP) is 0.948. The number of carbonyl (C=O) groups excluding carboxylic acids is 1. The molecule has 0 fully saturated rings. The molecular formula is C11H10N4O2S2. The Hall–Kier alpha value is -1.93. The summed E-state index contributed by atoms with van der Waals surface area (Å²) in [6, 6.07) is 7.16. The molecule has 2 rings (SSSR count). The number of primary amides is 1. The second-order valence-corrected chi connectivity index (χ2v) is 4.94. The Morgan fingerprint density at radius 1 is 1.37 bits per heavy atom. The van der Waals surface area contributed by atoms with Crippen LogP contribution < -0.4 is 11.5 Å². The Morgan fingerprint density at radius 3 is 2.84 bits per heavy atom. The Kier molecular flexibility index (Phi) is 4.13. The van der Waals surface area contributed by atoms with Gasteiger partial charge >= 0.3 is 0 Å². The molecule has 4 N–H and O–H groups in total. The van der Waals surface area contributed by atoms with Crippen molar-refractivity contribution in [2.45, 2.75) is 5.22 Å². The van der Waals surface area contributed by atoms with Crippen molar-refractivity contribution in [3.8, 4) is 11.5 Å². The van der Waals surface area contributed by atoms with E-state index in [1.165, 1.54) is 0 Å². The first-order chi connectivity index (χ1) is 9.06. The number of nitrogens with zero attached hydrogens (tertiary/aromatic N) is 2. The highest BCUT2D eigenvalue weighted by molar-refractivity contribution is 7.99. The number of nitrogens with two attached hydrogens (primary N) is 2. The maximum absolute atomic E-state index is 10.7. The molecule has 1 amide bonds. The smallest absolute Gasteiger partial charge is 0.277 e. The molecule has 0 aliphatic rings. The van der Waals surface area contributed by atoms with E-state index in [4.69, 9.17) is 28.1 Å². The van der Waals surface area contributed by atoms with Gasteiger partial charge in [-0.1, -0.05) is 36.1 Å². The second-order valence-electron chi connectivity index (χ2n) is 3.57. The van der Waals surface area contributed by atoms with Crippen molar-refractivity contribution in [1.82, 2.24) is 10.2 Å². The molecule has 0 unspecified atom stereocenters. The molecule has 0 saturated heterocycles. The van der Waals surface area contributed by atoms with Crippen LogP contribution in [0.15, 0.2) is 33.9 Å². The van der Waals surface area contributed by atoms with Gasteiger partial charge in [0, 0.05) is 11.1 Å². The number of benzene rings is 1. The Balaban J connectivity index is 2.20. The van der Waals surface area contributed by atoms with Gasteiger partial charge in [-0.3, -0.25) is 4.79 Å². The summed E-state index contributed by atoms with van der Waals surface area (Å²) in [5, 5.41) is 7.99. The number of thiocarbonyl (C=S) groups is 1. The number of rotatable bonds is 5. The zero-order chi connectivity index (χ0) is 13.8. The highest BCUT2D eigenvalue weighted by Crippen LogP contribution is 2.23. The molecule has 19 heavy (non-hydrogen) atoms. The van der Waals surface area contributed by atoms with Crippen LogP contribution in [0.25, 0.3) is 11.5 Å². The molecule has 0 bridgehead atoms. The lowest BCUT2D eigenvalue weighted by Gasteiger charge is -1.99. The molecule has 1 heterocycles. The lowest BCUT2D eigenvalue weighted by Crippen LogP contribution is -2.12. The van der Waals surface area contributed by atoms with Gasteiger partial charge in [-0.15, -0.1) is 10.2 Å². The Labute approximate surface area is 118 Å². The first-order valence-electron chi connectivity index (χ1n) is 5.21. The van der Waals surface area contributed by atoms with Gasteiger partial charge in [0.1, 0.15) is 4.99 Å². The fourth-order valence-corrected chi connectivity index (χ4v) is 1.95. The first-order valence-corrected chi connectivity index (χ1v) is 6.60. The van der Waals surface area contributed by atoms with E-state index >= 15 is 0 Å². The van der Waals surface area contributed by atoms with E-state index in [1.54, 1.807) is 24.3 Å². The molecule has 0 aliphatic carbocycles. The number of hydrogen-bond donors (Lipinski definition) is 2. The van der Waals surface area contributed by atoms with Crippen LogP contribution in [0.1, 0.15) is 5.56 Å². The van der Waals surface area contributed by atoms with E-state index < -0.39 is 5.91 Å². The van der Waals surface area contributed by atoms with Gasteiger partial charge in [0.15, 0.2) is 0 Å². The van der Waals surface area contributed by atoms with Crippen LogP contribution in [0.3, 0.4) is 0 Å². The van der Waals surface area contributed by atoms with Crippen LogP contribution in [0.2, 0.25) is 0 Å². The minimum atomic E-state index is -0.444. The maximum atomic E-state index is 10.7. The van der Waals surface area contributed by atoms with E-state index in [1.807, 2.05) is 0 Å².